The summed E-state index contributed by atoms with van der Waals surface area (Å²) in [5, 5.41) is 3.42. The number of nitrogens with zero attached hydrogens (tertiary/aromatic N) is 4. The van der Waals surface area contributed by atoms with Crippen molar-refractivity contribution in [3.63, 3.8) is 0 Å². The van der Waals surface area contributed by atoms with Crippen molar-refractivity contribution in [2.45, 2.75) is 27.2 Å². The molecule has 1 N–H and O–H groups in total. The molecule has 1 aromatic rings. The summed E-state index contributed by atoms with van der Waals surface area (Å²) in [7, 11) is 0. The molecule has 2 heterocycles. The third-order valence-corrected chi connectivity index (χ3v) is 4.05. The molecule has 0 spiro atoms. The molecule has 26 heavy (non-hydrogen) atoms. The predicted molar refractivity (Wildman–Crippen MR) is 120 cm³/mol. The summed E-state index contributed by atoms with van der Waals surface area (Å²) in [6.45, 7) is 13.7. The number of guanidine groups is 1. The van der Waals surface area contributed by atoms with Crippen LogP contribution in [0.3, 0.4) is 0 Å². The predicted octanol–water partition coefficient (Wildman–Crippen LogP) is 2.85. The van der Waals surface area contributed by atoms with E-state index in [1.807, 2.05) is 18.3 Å². The van der Waals surface area contributed by atoms with Crippen molar-refractivity contribution >= 4 is 35.8 Å². The van der Waals surface area contributed by atoms with Gasteiger partial charge in [-0.3, -0.25) is 4.99 Å². The second-order valence-corrected chi connectivity index (χ2v) is 6.72. The lowest BCUT2D eigenvalue weighted by molar-refractivity contribution is 0.109. The highest BCUT2D eigenvalue weighted by atomic mass is 127. The lowest BCUT2D eigenvalue weighted by Gasteiger charge is -2.37. The van der Waals surface area contributed by atoms with E-state index in [1.54, 1.807) is 0 Å². The number of halogens is 1. The third kappa shape index (κ3) is 8.07. The van der Waals surface area contributed by atoms with Crippen molar-refractivity contribution in [3.05, 3.63) is 24.4 Å². The number of pyridine rings is 1. The molecular formula is C19H34IN5O. The number of anilines is 1. The van der Waals surface area contributed by atoms with Crippen molar-refractivity contribution in [3.8, 4) is 0 Å². The van der Waals surface area contributed by atoms with E-state index in [-0.39, 0.29) is 24.0 Å². The third-order valence-electron chi connectivity index (χ3n) is 4.05. The molecular weight excluding hydrogens is 441 g/mol. The number of ether oxygens (including phenoxy) is 1. The lowest BCUT2D eigenvalue weighted by atomic mass is 10.2. The smallest absolute Gasteiger partial charge is 0.194 e. The van der Waals surface area contributed by atoms with Gasteiger partial charge in [-0.15, -0.1) is 24.0 Å². The highest BCUT2D eigenvalue weighted by Crippen LogP contribution is 2.12. The van der Waals surface area contributed by atoms with Crippen LogP contribution in [0.4, 0.5) is 5.82 Å². The van der Waals surface area contributed by atoms with E-state index in [4.69, 9.17) is 9.73 Å². The minimum atomic E-state index is 0. The van der Waals surface area contributed by atoms with Gasteiger partial charge in [0.15, 0.2) is 5.96 Å². The van der Waals surface area contributed by atoms with Gasteiger partial charge in [0.25, 0.3) is 0 Å². The zero-order valence-electron chi connectivity index (χ0n) is 16.4. The van der Waals surface area contributed by atoms with Gasteiger partial charge in [-0.25, -0.2) is 4.98 Å². The van der Waals surface area contributed by atoms with Crippen LogP contribution in [-0.2, 0) is 4.74 Å². The van der Waals surface area contributed by atoms with Gasteiger partial charge in [0.05, 0.1) is 0 Å². The van der Waals surface area contributed by atoms with E-state index < -0.39 is 0 Å². The first kappa shape index (κ1) is 23.0. The van der Waals surface area contributed by atoms with Gasteiger partial charge in [-0.1, -0.05) is 19.9 Å². The summed E-state index contributed by atoms with van der Waals surface area (Å²) in [6, 6.07) is 6.08. The van der Waals surface area contributed by atoms with Gasteiger partial charge in [-0.05, 0) is 31.4 Å². The first-order chi connectivity index (χ1) is 12.2. The van der Waals surface area contributed by atoms with E-state index in [1.165, 1.54) is 0 Å². The summed E-state index contributed by atoms with van der Waals surface area (Å²) in [4.78, 5) is 13.9. The molecule has 1 fully saturated rings. The normalized spacial score (nSPS) is 15.2. The summed E-state index contributed by atoms with van der Waals surface area (Å²) < 4.78 is 5.63. The van der Waals surface area contributed by atoms with E-state index in [0.29, 0.717) is 5.92 Å². The molecule has 1 saturated heterocycles. The van der Waals surface area contributed by atoms with Crippen LogP contribution in [0.2, 0.25) is 0 Å². The fourth-order valence-electron chi connectivity index (χ4n) is 2.78. The number of rotatable bonds is 8. The highest BCUT2D eigenvalue weighted by Gasteiger charge is 2.20. The zero-order chi connectivity index (χ0) is 17.9. The maximum Gasteiger partial charge on any atom is 0.194 e. The standard InChI is InChI=1S/C19H33N5O.HI/c1-4-20-19(22-10-7-15-25-16-17(2)3)24-13-11-23(12-14-24)18-8-5-6-9-21-18;/h5-6,8-9,17H,4,7,10-16H2,1-3H3,(H,20,22);1H. The molecule has 7 heteroatoms. The zero-order valence-corrected chi connectivity index (χ0v) is 18.7. The Morgan fingerprint density at radius 3 is 2.65 bits per heavy atom. The van der Waals surface area contributed by atoms with Crippen LogP contribution in [0, 0.1) is 5.92 Å². The molecule has 0 amide bonds. The molecule has 1 aromatic heterocycles. The number of aliphatic imine (C=N–C) groups is 1. The molecule has 0 bridgehead atoms. The average molecular weight is 475 g/mol. The van der Waals surface area contributed by atoms with Crippen LogP contribution in [0.25, 0.3) is 0 Å². The molecule has 1 aliphatic heterocycles. The quantitative estimate of drug-likeness (QED) is 0.271. The van der Waals surface area contributed by atoms with Gasteiger partial charge < -0.3 is 19.9 Å². The Morgan fingerprint density at radius 1 is 1.27 bits per heavy atom. The number of piperazine rings is 1. The molecule has 0 atom stereocenters. The van der Waals surface area contributed by atoms with Gasteiger partial charge in [-0.2, -0.15) is 0 Å². The van der Waals surface area contributed by atoms with Crippen molar-refractivity contribution in [2.24, 2.45) is 10.9 Å². The van der Waals surface area contributed by atoms with Crippen LogP contribution < -0.4 is 10.2 Å². The summed E-state index contributed by atoms with van der Waals surface area (Å²) in [6.07, 6.45) is 2.82. The van der Waals surface area contributed by atoms with Crippen molar-refractivity contribution in [2.75, 3.05) is 57.4 Å². The number of hydrogen-bond donors (Lipinski definition) is 1. The molecule has 0 aliphatic carbocycles. The molecule has 0 unspecified atom stereocenters. The fourth-order valence-corrected chi connectivity index (χ4v) is 2.78. The summed E-state index contributed by atoms with van der Waals surface area (Å²) in [5.74, 6) is 2.68. The fraction of sp³-hybridized carbons (Fsp3) is 0.684. The first-order valence-electron chi connectivity index (χ1n) is 9.47. The minimum Gasteiger partial charge on any atom is -0.381 e. The largest absolute Gasteiger partial charge is 0.381 e. The van der Waals surface area contributed by atoms with E-state index in [2.05, 4.69) is 46.9 Å². The Morgan fingerprint density at radius 2 is 2.04 bits per heavy atom. The van der Waals surface area contributed by atoms with E-state index in [9.17, 15) is 0 Å². The lowest BCUT2D eigenvalue weighted by Crippen LogP contribution is -2.52. The molecule has 6 nitrogen and oxygen atoms in total. The molecule has 0 saturated carbocycles. The Hall–Kier alpha value is -1.09. The number of nitrogens with one attached hydrogen (secondary N) is 1. The van der Waals surface area contributed by atoms with Crippen LogP contribution in [-0.4, -0.2) is 68.3 Å². The summed E-state index contributed by atoms with van der Waals surface area (Å²) in [5.41, 5.74) is 0. The van der Waals surface area contributed by atoms with Crippen molar-refractivity contribution in [1.82, 2.24) is 15.2 Å². The molecule has 1 aliphatic rings. The maximum absolute atomic E-state index is 5.63. The maximum atomic E-state index is 5.63. The monoisotopic (exact) mass is 475 g/mol. The second-order valence-electron chi connectivity index (χ2n) is 6.72. The van der Waals surface area contributed by atoms with Crippen molar-refractivity contribution in [1.29, 1.82) is 0 Å². The number of aromatic nitrogens is 1. The first-order valence-corrected chi connectivity index (χ1v) is 9.47. The SMILES string of the molecule is CCNC(=NCCCOCC(C)C)N1CCN(c2ccccn2)CC1.I. The van der Waals surface area contributed by atoms with Crippen LogP contribution in [0.5, 0.6) is 0 Å². The molecule has 0 radical (unpaired) electrons. The molecule has 2 rings (SSSR count). The van der Waals surface area contributed by atoms with Crippen LogP contribution in [0.15, 0.2) is 29.4 Å². The van der Waals surface area contributed by atoms with E-state index >= 15 is 0 Å². The average Bonchev–Trinajstić information content (AvgIpc) is 2.64. The molecule has 148 valence electrons. The Balaban J connectivity index is 0.00000338. The minimum absolute atomic E-state index is 0. The van der Waals surface area contributed by atoms with E-state index in [0.717, 1.165) is 70.7 Å². The topological polar surface area (TPSA) is 53.0 Å². The number of hydrogen-bond acceptors (Lipinski definition) is 4. The molecule has 0 aromatic carbocycles. The summed E-state index contributed by atoms with van der Waals surface area (Å²) >= 11 is 0. The van der Waals surface area contributed by atoms with Crippen molar-refractivity contribution < 1.29 is 4.74 Å². The van der Waals surface area contributed by atoms with Gasteiger partial charge in [0.2, 0.25) is 0 Å². The van der Waals surface area contributed by atoms with Crippen LogP contribution in [0.1, 0.15) is 27.2 Å². The van der Waals surface area contributed by atoms with Gasteiger partial charge in [0.1, 0.15) is 5.82 Å². The van der Waals surface area contributed by atoms with Gasteiger partial charge >= 0.3 is 0 Å². The highest BCUT2D eigenvalue weighted by molar-refractivity contribution is 14.0. The Labute approximate surface area is 175 Å². The Bertz CT molecular complexity index is 504. The van der Waals surface area contributed by atoms with Crippen LogP contribution >= 0.6 is 24.0 Å². The van der Waals surface area contributed by atoms with Gasteiger partial charge in [0, 0.05) is 58.7 Å². The Kier molecular flexibility index (Phi) is 11.6. The second kappa shape index (κ2) is 13.1.